The van der Waals surface area contributed by atoms with E-state index in [9.17, 15) is 0 Å². The summed E-state index contributed by atoms with van der Waals surface area (Å²) in [5, 5.41) is 12.2. The lowest BCUT2D eigenvalue weighted by Crippen LogP contribution is -2.21. The SMILES string of the molecule is CCNC1COc2cc(OCC3(CC#N)CC3)ccc21. The van der Waals surface area contributed by atoms with Crippen LogP contribution in [0.3, 0.4) is 0 Å². The largest absolute Gasteiger partial charge is 0.493 e. The number of hydrogen-bond donors (Lipinski definition) is 1. The van der Waals surface area contributed by atoms with E-state index in [1.165, 1.54) is 5.56 Å². The van der Waals surface area contributed by atoms with Crippen molar-refractivity contribution in [2.45, 2.75) is 32.2 Å². The Bertz CT molecular complexity index is 532. The Balaban J connectivity index is 1.64. The molecule has 3 rings (SSSR count). The fourth-order valence-electron chi connectivity index (χ4n) is 2.65. The molecule has 0 bridgehead atoms. The summed E-state index contributed by atoms with van der Waals surface area (Å²) in [5.41, 5.74) is 1.32. The van der Waals surface area contributed by atoms with Crippen LogP contribution in [0.4, 0.5) is 0 Å². The minimum absolute atomic E-state index is 0.112. The lowest BCUT2D eigenvalue weighted by molar-refractivity contribution is 0.235. The molecule has 0 amide bonds. The molecule has 2 aliphatic rings. The van der Waals surface area contributed by atoms with Crippen LogP contribution in [0, 0.1) is 16.7 Å². The van der Waals surface area contributed by atoms with E-state index >= 15 is 0 Å². The third kappa shape index (κ3) is 2.59. The van der Waals surface area contributed by atoms with Gasteiger partial charge in [-0.05, 0) is 31.5 Å². The summed E-state index contributed by atoms with van der Waals surface area (Å²) in [6, 6.07) is 8.59. The smallest absolute Gasteiger partial charge is 0.127 e. The number of likely N-dealkylation sites (N-methyl/N-ethyl adjacent to an activating group) is 1. The highest BCUT2D eigenvalue weighted by Crippen LogP contribution is 2.49. The molecule has 106 valence electrons. The highest BCUT2D eigenvalue weighted by atomic mass is 16.5. The van der Waals surface area contributed by atoms with Crippen LogP contribution in [0.25, 0.3) is 0 Å². The van der Waals surface area contributed by atoms with E-state index in [2.05, 4.69) is 24.4 Å². The molecule has 1 N–H and O–H groups in total. The molecular weight excluding hydrogens is 252 g/mol. The van der Waals surface area contributed by atoms with Crippen LogP contribution in [-0.4, -0.2) is 19.8 Å². The Kier molecular flexibility index (Phi) is 3.54. The zero-order valence-corrected chi connectivity index (χ0v) is 11.8. The van der Waals surface area contributed by atoms with Gasteiger partial charge in [-0.1, -0.05) is 6.92 Å². The van der Waals surface area contributed by atoms with Crippen molar-refractivity contribution in [3.8, 4) is 17.6 Å². The van der Waals surface area contributed by atoms with Crippen molar-refractivity contribution in [1.29, 1.82) is 5.26 Å². The maximum Gasteiger partial charge on any atom is 0.127 e. The Hall–Kier alpha value is -1.73. The van der Waals surface area contributed by atoms with Gasteiger partial charge in [0.2, 0.25) is 0 Å². The molecule has 0 aromatic heterocycles. The predicted molar refractivity (Wildman–Crippen MR) is 75.7 cm³/mol. The zero-order chi connectivity index (χ0) is 14.0. The maximum atomic E-state index is 8.81. The van der Waals surface area contributed by atoms with Gasteiger partial charge in [-0.15, -0.1) is 0 Å². The summed E-state index contributed by atoms with van der Waals surface area (Å²) in [6.45, 7) is 4.35. The third-order valence-corrected chi connectivity index (χ3v) is 4.17. The first-order valence-electron chi connectivity index (χ1n) is 7.26. The van der Waals surface area contributed by atoms with Crippen molar-refractivity contribution in [3.05, 3.63) is 23.8 Å². The minimum atomic E-state index is 0.112. The second kappa shape index (κ2) is 5.34. The monoisotopic (exact) mass is 272 g/mol. The van der Waals surface area contributed by atoms with Crippen LogP contribution < -0.4 is 14.8 Å². The molecule has 4 nitrogen and oxygen atoms in total. The minimum Gasteiger partial charge on any atom is -0.493 e. The molecule has 1 aliphatic heterocycles. The number of hydrogen-bond acceptors (Lipinski definition) is 4. The Morgan fingerprint density at radius 1 is 1.50 bits per heavy atom. The zero-order valence-electron chi connectivity index (χ0n) is 11.8. The highest BCUT2D eigenvalue weighted by Gasteiger charge is 2.43. The van der Waals surface area contributed by atoms with Gasteiger partial charge in [-0.25, -0.2) is 0 Å². The summed E-state index contributed by atoms with van der Waals surface area (Å²) in [6.07, 6.45) is 2.80. The second-order valence-corrected chi connectivity index (χ2v) is 5.74. The molecule has 1 atom stereocenters. The average molecular weight is 272 g/mol. The first-order chi connectivity index (χ1) is 9.76. The number of ether oxygens (including phenoxy) is 2. The van der Waals surface area contributed by atoms with E-state index < -0.39 is 0 Å². The van der Waals surface area contributed by atoms with Gasteiger partial charge < -0.3 is 14.8 Å². The molecule has 0 radical (unpaired) electrons. The van der Waals surface area contributed by atoms with Crippen LogP contribution in [0.5, 0.6) is 11.5 Å². The Morgan fingerprint density at radius 3 is 3.05 bits per heavy atom. The number of fused-ring (bicyclic) bond motifs is 1. The third-order valence-electron chi connectivity index (χ3n) is 4.17. The number of benzene rings is 1. The molecule has 0 saturated heterocycles. The molecule has 1 saturated carbocycles. The molecule has 20 heavy (non-hydrogen) atoms. The van der Waals surface area contributed by atoms with Crippen LogP contribution in [0.2, 0.25) is 0 Å². The Labute approximate surface area is 119 Å². The lowest BCUT2D eigenvalue weighted by atomic mass is 10.1. The molecule has 1 unspecified atom stereocenters. The van der Waals surface area contributed by atoms with Crippen molar-refractivity contribution < 1.29 is 9.47 Å². The van der Waals surface area contributed by atoms with Crippen LogP contribution >= 0.6 is 0 Å². The standard InChI is InChI=1S/C16H20N2O2/c1-2-18-14-10-19-15-9-12(3-4-13(14)15)20-11-16(5-6-16)7-8-17/h3-4,9,14,18H,2,5-7,10-11H2,1H3. The first kappa shape index (κ1) is 13.3. The topological polar surface area (TPSA) is 54.3 Å². The van der Waals surface area contributed by atoms with Gasteiger partial charge in [-0.3, -0.25) is 0 Å². The van der Waals surface area contributed by atoms with Crippen LogP contribution in [0.1, 0.15) is 37.8 Å². The Morgan fingerprint density at radius 2 is 2.35 bits per heavy atom. The number of nitriles is 1. The van der Waals surface area contributed by atoms with Gasteiger partial charge in [0.25, 0.3) is 0 Å². The summed E-state index contributed by atoms with van der Waals surface area (Å²) < 4.78 is 11.6. The van der Waals surface area contributed by atoms with E-state index in [1.54, 1.807) is 0 Å². The average Bonchev–Trinajstić information content (AvgIpc) is 3.11. The van der Waals surface area contributed by atoms with E-state index in [0.29, 0.717) is 19.6 Å². The van der Waals surface area contributed by atoms with Crippen molar-refractivity contribution in [3.63, 3.8) is 0 Å². The van der Waals surface area contributed by atoms with Crippen molar-refractivity contribution in [2.24, 2.45) is 5.41 Å². The normalized spacial score (nSPS) is 21.7. The first-order valence-corrected chi connectivity index (χ1v) is 7.26. The summed E-state index contributed by atoms with van der Waals surface area (Å²) >= 11 is 0. The van der Waals surface area contributed by atoms with E-state index in [0.717, 1.165) is 30.9 Å². The highest BCUT2D eigenvalue weighted by molar-refractivity contribution is 5.45. The quantitative estimate of drug-likeness (QED) is 0.865. The molecular formula is C16H20N2O2. The maximum absolute atomic E-state index is 8.81. The number of rotatable bonds is 6. The summed E-state index contributed by atoms with van der Waals surface area (Å²) in [7, 11) is 0. The van der Waals surface area contributed by atoms with E-state index in [-0.39, 0.29) is 11.5 Å². The molecule has 1 heterocycles. The van der Waals surface area contributed by atoms with E-state index in [4.69, 9.17) is 14.7 Å². The predicted octanol–water partition coefficient (Wildman–Crippen LogP) is 2.80. The molecule has 1 aliphatic carbocycles. The molecule has 0 spiro atoms. The van der Waals surface area contributed by atoms with Gasteiger partial charge in [0, 0.05) is 23.5 Å². The summed E-state index contributed by atoms with van der Waals surface area (Å²) in [4.78, 5) is 0. The van der Waals surface area contributed by atoms with Crippen LogP contribution in [0.15, 0.2) is 18.2 Å². The van der Waals surface area contributed by atoms with Crippen molar-refractivity contribution in [2.75, 3.05) is 19.8 Å². The van der Waals surface area contributed by atoms with Gasteiger partial charge >= 0.3 is 0 Å². The molecule has 1 aromatic carbocycles. The van der Waals surface area contributed by atoms with E-state index in [1.807, 2.05) is 12.1 Å². The fourth-order valence-corrected chi connectivity index (χ4v) is 2.65. The van der Waals surface area contributed by atoms with Gasteiger partial charge in [-0.2, -0.15) is 5.26 Å². The summed E-state index contributed by atoms with van der Waals surface area (Å²) in [5.74, 6) is 1.75. The van der Waals surface area contributed by atoms with Crippen LogP contribution in [-0.2, 0) is 0 Å². The van der Waals surface area contributed by atoms with Crippen molar-refractivity contribution >= 4 is 0 Å². The lowest BCUT2D eigenvalue weighted by Gasteiger charge is -2.14. The molecule has 1 fully saturated rings. The fraction of sp³-hybridized carbons (Fsp3) is 0.562. The van der Waals surface area contributed by atoms with Gasteiger partial charge in [0.05, 0.1) is 18.7 Å². The van der Waals surface area contributed by atoms with Crippen molar-refractivity contribution in [1.82, 2.24) is 5.32 Å². The van der Waals surface area contributed by atoms with Gasteiger partial charge in [0.15, 0.2) is 0 Å². The van der Waals surface area contributed by atoms with Gasteiger partial charge in [0.1, 0.15) is 18.1 Å². The molecule has 4 heteroatoms. The number of nitrogens with zero attached hydrogens (tertiary/aromatic N) is 1. The molecule has 1 aromatic rings. The second-order valence-electron chi connectivity index (χ2n) is 5.74. The number of nitrogens with one attached hydrogen (secondary N) is 1.